The van der Waals surface area contributed by atoms with E-state index in [1.807, 2.05) is 0 Å². The highest BCUT2D eigenvalue weighted by molar-refractivity contribution is 5.79. The Morgan fingerprint density at radius 3 is 2.43 bits per heavy atom. The number of hydrogen-bond acceptors (Lipinski definition) is 3. The largest absolute Gasteiger partial charge is 0.354 e. The van der Waals surface area contributed by atoms with E-state index in [1.54, 1.807) is 0 Å². The van der Waals surface area contributed by atoms with Crippen LogP contribution in [0.15, 0.2) is 18.2 Å². The maximum Gasteiger partial charge on any atom is 0.222 e. The number of halogens is 2. The molecule has 0 radical (unpaired) electrons. The topological polar surface area (TPSA) is 84.2 Å². The van der Waals surface area contributed by atoms with Crippen LogP contribution in [0.1, 0.15) is 37.8 Å². The normalized spacial score (nSPS) is 16.5. The zero-order valence-electron chi connectivity index (χ0n) is 12.9. The zero-order chi connectivity index (χ0) is 17.0. The predicted octanol–water partition coefficient (Wildman–Crippen LogP) is 1.39. The molecule has 2 unspecified atom stereocenters. The molecule has 0 aromatic heterocycles. The molecule has 1 fully saturated rings. The van der Waals surface area contributed by atoms with E-state index in [4.69, 9.17) is 5.73 Å². The summed E-state index contributed by atoms with van der Waals surface area (Å²) in [6, 6.07) is 2.24. The van der Waals surface area contributed by atoms with Gasteiger partial charge in [-0.15, -0.1) is 0 Å². The Morgan fingerprint density at radius 1 is 1.30 bits per heavy atom. The van der Waals surface area contributed by atoms with Gasteiger partial charge in [0.15, 0.2) is 0 Å². The van der Waals surface area contributed by atoms with E-state index in [0.717, 1.165) is 25.0 Å². The third kappa shape index (κ3) is 4.99. The average Bonchev–Trinajstić information content (AvgIpc) is 3.28. The zero-order valence-corrected chi connectivity index (χ0v) is 12.9. The summed E-state index contributed by atoms with van der Waals surface area (Å²) in [5, 5.41) is 5.08. The first-order valence-electron chi connectivity index (χ1n) is 7.61. The fraction of sp³-hybridized carbons (Fsp3) is 0.500. The molecule has 126 valence electrons. The second-order valence-electron chi connectivity index (χ2n) is 5.90. The van der Waals surface area contributed by atoms with Gasteiger partial charge >= 0.3 is 0 Å². The molecule has 0 saturated heterocycles. The molecule has 1 aliphatic carbocycles. The minimum Gasteiger partial charge on any atom is -0.354 e. The van der Waals surface area contributed by atoms with Gasteiger partial charge in [0, 0.05) is 25.1 Å². The Hall–Kier alpha value is -2.02. The molecule has 1 aliphatic rings. The van der Waals surface area contributed by atoms with Gasteiger partial charge in [-0.05, 0) is 30.9 Å². The van der Waals surface area contributed by atoms with Crippen molar-refractivity contribution in [3.05, 3.63) is 35.4 Å². The summed E-state index contributed by atoms with van der Waals surface area (Å²) in [5.41, 5.74) is 5.58. The number of benzene rings is 1. The van der Waals surface area contributed by atoms with Gasteiger partial charge in [-0.3, -0.25) is 9.59 Å². The molecule has 4 N–H and O–H groups in total. The summed E-state index contributed by atoms with van der Waals surface area (Å²) in [7, 11) is 0. The number of carbonyl (C=O) groups is 2. The number of rotatable bonds is 7. The molecule has 1 aromatic carbocycles. The summed E-state index contributed by atoms with van der Waals surface area (Å²) in [5.74, 6) is -2.05. The van der Waals surface area contributed by atoms with Gasteiger partial charge in [-0.25, -0.2) is 8.78 Å². The molecule has 5 nitrogen and oxygen atoms in total. The van der Waals surface area contributed by atoms with Crippen molar-refractivity contribution >= 4 is 11.8 Å². The van der Waals surface area contributed by atoms with E-state index < -0.39 is 29.5 Å². The van der Waals surface area contributed by atoms with Gasteiger partial charge in [-0.1, -0.05) is 6.07 Å². The van der Waals surface area contributed by atoms with Gasteiger partial charge in [0.1, 0.15) is 11.6 Å². The van der Waals surface area contributed by atoms with Crippen LogP contribution >= 0.6 is 0 Å². The average molecular weight is 325 g/mol. The molecule has 0 spiro atoms. The SMILES string of the molecule is CC(=O)NC(CC(=O)NCC(N)C1CC1)c1c(F)cccc1F. The van der Waals surface area contributed by atoms with Crippen LogP contribution in [0.3, 0.4) is 0 Å². The third-order valence-corrected chi connectivity index (χ3v) is 3.88. The van der Waals surface area contributed by atoms with Crippen molar-refractivity contribution in [2.75, 3.05) is 6.54 Å². The Kier molecular flexibility index (Phi) is 5.65. The highest BCUT2D eigenvalue weighted by Crippen LogP contribution is 2.31. The summed E-state index contributed by atoms with van der Waals surface area (Å²) in [6.07, 6.45) is 1.87. The van der Waals surface area contributed by atoms with Crippen molar-refractivity contribution in [3.63, 3.8) is 0 Å². The Bertz CT molecular complexity index is 570. The lowest BCUT2D eigenvalue weighted by atomic mass is 10.0. The monoisotopic (exact) mass is 325 g/mol. The van der Waals surface area contributed by atoms with Crippen molar-refractivity contribution in [1.29, 1.82) is 0 Å². The summed E-state index contributed by atoms with van der Waals surface area (Å²) in [6.45, 7) is 1.54. The first-order chi connectivity index (χ1) is 10.9. The lowest BCUT2D eigenvalue weighted by molar-refractivity contribution is -0.122. The maximum absolute atomic E-state index is 13.9. The Balaban J connectivity index is 2.03. The second kappa shape index (κ2) is 7.50. The molecule has 0 aliphatic heterocycles. The van der Waals surface area contributed by atoms with Crippen LogP contribution in [-0.2, 0) is 9.59 Å². The van der Waals surface area contributed by atoms with Gasteiger partial charge < -0.3 is 16.4 Å². The Morgan fingerprint density at radius 2 is 1.91 bits per heavy atom. The highest BCUT2D eigenvalue weighted by Gasteiger charge is 2.29. The van der Waals surface area contributed by atoms with Crippen LogP contribution in [0.2, 0.25) is 0 Å². The van der Waals surface area contributed by atoms with Crippen molar-refractivity contribution in [3.8, 4) is 0 Å². The van der Waals surface area contributed by atoms with Crippen LogP contribution < -0.4 is 16.4 Å². The smallest absolute Gasteiger partial charge is 0.222 e. The fourth-order valence-corrected chi connectivity index (χ4v) is 2.49. The second-order valence-corrected chi connectivity index (χ2v) is 5.90. The predicted molar refractivity (Wildman–Crippen MR) is 81.2 cm³/mol. The van der Waals surface area contributed by atoms with Gasteiger partial charge in [0.2, 0.25) is 11.8 Å². The minimum absolute atomic E-state index is 0.108. The van der Waals surface area contributed by atoms with Crippen molar-refractivity contribution in [2.45, 2.75) is 38.3 Å². The van der Waals surface area contributed by atoms with Crippen LogP contribution in [0, 0.1) is 17.6 Å². The molecule has 7 heteroatoms. The lowest BCUT2D eigenvalue weighted by Crippen LogP contribution is -2.40. The first-order valence-corrected chi connectivity index (χ1v) is 7.61. The van der Waals surface area contributed by atoms with Crippen LogP contribution in [0.4, 0.5) is 8.78 Å². The molecular formula is C16H21F2N3O2. The molecule has 2 rings (SSSR count). The van der Waals surface area contributed by atoms with E-state index in [2.05, 4.69) is 10.6 Å². The summed E-state index contributed by atoms with van der Waals surface area (Å²) >= 11 is 0. The highest BCUT2D eigenvalue weighted by atomic mass is 19.1. The van der Waals surface area contributed by atoms with Crippen molar-refractivity contribution < 1.29 is 18.4 Å². The Labute approximate surface area is 133 Å². The summed E-state index contributed by atoms with van der Waals surface area (Å²) < 4.78 is 27.8. The molecule has 0 bridgehead atoms. The molecule has 1 saturated carbocycles. The van der Waals surface area contributed by atoms with Gasteiger partial charge in [-0.2, -0.15) is 0 Å². The molecule has 2 atom stereocenters. The van der Waals surface area contributed by atoms with Crippen LogP contribution in [0.25, 0.3) is 0 Å². The first kappa shape index (κ1) is 17.3. The summed E-state index contributed by atoms with van der Waals surface area (Å²) in [4.78, 5) is 23.3. The van der Waals surface area contributed by atoms with Crippen molar-refractivity contribution in [2.24, 2.45) is 11.7 Å². The third-order valence-electron chi connectivity index (χ3n) is 3.88. The molecule has 1 aromatic rings. The van der Waals surface area contributed by atoms with E-state index in [0.29, 0.717) is 12.5 Å². The van der Waals surface area contributed by atoms with Gasteiger partial charge in [0.25, 0.3) is 0 Å². The van der Waals surface area contributed by atoms with Crippen LogP contribution in [-0.4, -0.2) is 24.4 Å². The maximum atomic E-state index is 13.9. The van der Waals surface area contributed by atoms with E-state index in [1.165, 1.54) is 13.0 Å². The number of nitrogens with one attached hydrogen (secondary N) is 2. The molecule has 0 heterocycles. The van der Waals surface area contributed by atoms with E-state index in [-0.39, 0.29) is 18.0 Å². The fourth-order valence-electron chi connectivity index (χ4n) is 2.49. The number of carbonyl (C=O) groups excluding carboxylic acids is 2. The number of nitrogens with two attached hydrogens (primary N) is 1. The van der Waals surface area contributed by atoms with E-state index >= 15 is 0 Å². The van der Waals surface area contributed by atoms with E-state index in [9.17, 15) is 18.4 Å². The lowest BCUT2D eigenvalue weighted by Gasteiger charge is -2.20. The van der Waals surface area contributed by atoms with Gasteiger partial charge in [0.05, 0.1) is 12.5 Å². The standard InChI is InChI=1S/C16H21F2N3O2/c1-9(22)21-14(16-11(17)3-2-4-12(16)18)7-15(23)20-8-13(19)10-5-6-10/h2-4,10,13-14H,5-8,19H2,1H3,(H,20,23)(H,21,22). The number of hydrogen-bond donors (Lipinski definition) is 3. The molecule has 2 amide bonds. The van der Waals surface area contributed by atoms with Crippen LogP contribution in [0.5, 0.6) is 0 Å². The minimum atomic E-state index is -1.06. The quantitative estimate of drug-likeness (QED) is 0.708. The molecular weight excluding hydrogens is 304 g/mol. The van der Waals surface area contributed by atoms with Crippen molar-refractivity contribution in [1.82, 2.24) is 10.6 Å². The molecule has 23 heavy (non-hydrogen) atoms. The number of amides is 2.